The van der Waals surface area contributed by atoms with Crippen molar-refractivity contribution in [3.05, 3.63) is 166 Å². The highest BCUT2D eigenvalue weighted by Gasteiger charge is 2.27. The summed E-state index contributed by atoms with van der Waals surface area (Å²) >= 11 is 0. The monoisotopic (exact) mass is 994 g/mol. The number of hydrogen-bond donors (Lipinski definition) is 4. The summed E-state index contributed by atoms with van der Waals surface area (Å²) in [7, 11) is -7.54. The zero-order chi connectivity index (χ0) is 51.3. The van der Waals surface area contributed by atoms with Crippen molar-refractivity contribution in [1.29, 1.82) is 0 Å². The Morgan fingerprint density at radius 1 is 0.457 bits per heavy atom. The first-order valence-corrected chi connectivity index (χ1v) is 25.7. The molecule has 0 aromatic heterocycles. The summed E-state index contributed by atoms with van der Waals surface area (Å²) in [4.78, 5) is 22.4. The van der Waals surface area contributed by atoms with Gasteiger partial charge in [0.05, 0.1) is 20.9 Å². The predicted molar refractivity (Wildman–Crippen MR) is 273 cm³/mol. The summed E-state index contributed by atoms with van der Waals surface area (Å²) in [5, 5.41) is 17.8. The molecule has 372 valence electrons. The molecule has 0 fully saturated rings. The number of sulfonamides is 2. The van der Waals surface area contributed by atoms with Gasteiger partial charge >= 0.3 is 11.9 Å². The number of aromatic carboxylic acids is 2. The Hall–Kier alpha value is -7.04. The maximum Gasteiger partial charge on any atom is 0.335 e. The average molecular weight is 995 g/mol. The Morgan fingerprint density at radius 3 is 1.04 bits per heavy atom. The molecule has 14 nitrogen and oxygen atoms in total. The predicted octanol–water partition coefficient (Wildman–Crippen LogP) is 11.6. The van der Waals surface area contributed by atoms with Crippen molar-refractivity contribution < 1.29 is 55.6 Å². The minimum absolute atomic E-state index is 0.0471. The standard InChI is InChI=1S/C30H37NO6S.C24H25NO6S/c1-19(2)23-17-27(20(3)4)29(28(18-23)21(5)6)38(34,35)31-24-9-13-26(14-10-24)37-16-15-36-25-11-7-22(8-12-25)30(32)33;1-16-14-17(2)23(18(3)15-16)32(28,29)25-20-6-10-22(11-7-20)31-13-12-30-21-8-4-19(5-9-21)24(26)27/h7-14,17-21,31H,15-16H2,1-6H3,(H,32,33);4-11,14-15,25H,12-13H2,1-3H3,(H,26,27). The molecule has 16 heteroatoms. The van der Waals surface area contributed by atoms with Crippen LogP contribution in [0, 0.1) is 20.8 Å². The second-order valence-corrected chi connectivity index (χ2v) is 20.8. The van der Waals surface area contributed by atoms with Crippen LogP contribution in [0.25, 0.3) is 0 Å². The fraction of sp³-hybridized carbons (Fsp3) is 0.296. The maximum absolute atomic E-state index is 13.6. The van der Waals surface area contributed by atoms with E-state index in [1.165, 1.54) is 24.3 Å². The summed E-state index contributed by atoms with van der Waals surface area (Å²) < 4.78 is 80.7. The smallest absolute Gasteiger partial charge is 0.335 e. The molecule has 6 rings (SSSR count). The van der Waals surface area contributed by atoms with Crippen molar-refractivity contribution in [1.82, 2.24) is 0 Å². The van der Waals surface area contributed by atoms with Crippen LogP contribution < -0.4 is 28.4 Å². The van der Waals surface area contributed by atoms with Crippen molar-refractivity contribution in [3.63, 3.8) is 0 Å². The van der Waals surface area contributed by atoms with Gasteiger partial charge in [0, 0.05) is 11.4 Å². The van der Waals surface area contributed by atoms with E-state index >= 15 is 0 Å². The van der Waals surface area contributed by atoms with E-state index in [2.05, 4.69) is 23.3 Å². The molecule has 0 radical (unpaired) electrons. The normalized spacial score (nSPS) is 11.4. The van der Waals surface area contributed by atoms with Crippen LogP contribution in [0.2, 0.25) is 0 Å². The third-order valence-corrected chi connectivity index (χ3v) is 14.1. The number of carbonyl (C=O) groups is 2. The average Bonchev–Trinajstić information content (AvgIpc) is 3.29. The van der Waals surface area contributed by atoms with Crippen LogP contribution in [0.1, 0.15) is 113 Å². The first kappa shape index (κ1) is 53.9. The van der Waals surface area contributed by atoms with E-state index in [0.29, 0.717) is 56.3 Å². The number of carboxylic acids is 2. The van der Waals surface area contributed by atoms with Gasteiger partial charge in [-0.1, -0.05) is 71.4 Å². The van der Waals surface area contributed by atoms with Crippen molar-refractivity contribution in [2.75, 3.05) is 35.9 Å². The highest BCUT2D eigenvalue weighted by molar-refractivity contribution is 7.93. The Bertz CT molecular complexity index is 2900. The van der Waals surface area contributed by atoms with Crippen LogP contribution in [-0.4, -0.2) is 65.4 Å². The van der Waals surface area contributed by atoms with Gasteiger partial charge in [-0.3, -0.25) is 9.44 Å². The van der Waals surface area contributed by atoms with E-state index < -0.39 is 32.0 Å². The molecule has 0 aliphatic carbocycles. The molecular formula is C54H62N2O12S2. The minimum atomic E-state index is -3.83. The highest BCUT2D eigenvalue weighted by Crippen LogP contribution is 2.36. The van der Waals surface area contributed by atoms with Gasteiger partial charge in [-0.15, -0.1) is 0 Å². The van der Waals surface area contributed by atoms with E-state index in [1.807, 2.05) is 58.9 Å². The Kier molecular flexibility index (Phi) is 18.5. The van der Waals surface area contributed by atoms with E-state index in [-0.39, 0.29) is 54.3 Å². The second kappa shape index (κ2) is 24.0. The number of hydrogen-bond acceptors (Lipinski definition) is 10. The lowest BCUT2D eigenvalue weighted by molar-refractivity contribution is 0.0686. The molecule has 70 heavy (non-hydrogen) atoms. The second-order valence-electron chi connectivity index (χ2n) is 17.5. The number of carboxylic acid groups (broad SMARTS) is 2. The molecule has 0 aliphatic rings. The molecule has 4 N–H and O–H groups in total. The topological polar surface area (TPSA) is 204 Å². The fourth-order valence-corrected chi connectivity index (χ4v) is 10.7. The fourth-order valence-electron chi connectivity index (χ4n) is 7.47. The van der Waals surface area contributed by atoms with Crippen LogP contribution in [0.3, 0.4) is 0 Å². The van der Waals surface area contributed by atoms with Gasteiger partial charge < -0.3 is 29.2 Å². The molecule has 6 aromatic carbocycles. The van der Waals surface area contributed by atoms with Crippen LogP contribution >= 0.6 is 0 Å². The lowest BCUT2D eigenvalue weighted by atomic mass is 9.89. The highest BCUT2D eigenvalue weighted by atomic mass is 32.2. The Labute approximate surface area is 411 Å². The Balaban J connectivity index is 0.000000265. The number of benzene rings is 6. The number of rotatable bonds is 21. The van der Waals surface area contributed by atoms with E-state index in [1.54, 1.807) is 86.6 Å². The van der Waals surface area contributed by atoms with Gasteiger partial charge in [0.1, 0.15) is 49.4 Å². The van der Waals surface area contributed by atoms with Crippen LogP contribution in [0.5, 0.6) is 23.0 Å². The van der Waals surface area contributed by atoms with E-state index in [4.69, 9.17) is 29.2 Å². The van der Waals surface area contributed by atoms with E-state index in [9.17, 15) is 26.4 Å². The first-order chi connectivity index (χ1) is 33.0. The van der Waals surface area contributed by atoms with Gasteiger partial charge in [0.2, 0.25) is 0 Å². The molecule has 0 saturated heterocycles. The molecule has 0 spiro atoms. The summed E-state index contributed by atoms with van der Waals surface area (Å²) in [5.74, 6) is 0.647. The lowest BCUT2D eigenvalue weighted by Crippen LogP contribution is -2.19. The van der Waals surface area contributed by atoms with Crippen molar-refractivity contribution in [2.45, 2.75) is 89.9 Å². The van der Waals surface area contributed by atoms with Gasteiger partial charge in [-0.25, -0.2) is 26.4 Å². The van der Waals surface area contributed by atoms with Crippen LogP contribution in [0.15, 0.2) is 131 Å². The molecule has 0 amide bonds. The zero-order valence-electron chi connectivity index (χ0n) is 40.9. The number of nitrogens with one attached hydrogen (secondary N) is 2. The lowest BCUT2D eigenvalue weighted by Gasteiger charge is -2.23. The summed E-state index contributed by atoms with van der Waals surface area (Å²) in [6, 6.07) is 33.4. The summed E-state index contributed by atoms with van der Waals surface area (Å²) in [6.07, 6.45) is 0. The SMILES string of the molecule is CC(C)c1cc(C(C)C)c(S(=O)(=O)Nc2ccc(OCCOc3ccc(C(=O)O)cc3)cc2)c(C(C)C)c1.Cc1cc(C)c(S(=O)(=O)Nc2ccc(OCCOc3ccc(C(=O)O)cc3)cc2)c(C)c1. The summed E-state index contributed by atoms with van der Waals surface area (Å²) in [5.41, 5.74) is 6.47. The molecule has 0 atom stereocenters. The van der Waals surface area contributed by atoms with Gasteiger partial charge in [0.25, 0.3) is 20.0 Å². The largest absolute Gasteiger partial charge is 0.490 e. The van der Waals surface area contributed by atoms with Crippen LogP contribution in [-0.2, 0) is 20.0 Å². The summed E-state index contributed by atoms with van der Waals surface area (Å²) in [6.45, 7) is 18.9. The maximum atomic E-state index is 13.6. The van der Waals surface area contributed by atoms with Crippen LogP contribution in [0.4, 0.5) is 11.4 Å². The van der Waals surface area contributed by atoms with E-state index in [0.717, 1.165) is 22.3 Å². The quantitative estimate of drug-likeness (QED) is 0.0498. The van der Waals surface area contributed by atoms with Crippen molar-refractivity contribution in [2.24, 2.45) is 0 Å². The van der Waals surface area contributed by atoms with Crippen molar-refractivity contribution in [3.8, 4) is 23.0 Å². The molecule has 0 bridgehead atoms. The number of ether oxygens (including phenoxy) is 4. The molecule has 0 saturated carbocycles. The van der Waals surface area contributed by atoms with Gasteiger partial charge in [-0.2, -0.15) is 0 Å². The number of aryl methyl sites for hydroxylation is 3. The minimum Gasteiger partial charge on any atom is -0.490 e. The third kappa shape index (κ3) is 15.0. The molecule has 0 heterocycles. The zero-order valence-corrected chi connectivity index (χ0v) is 42.5. The first-order valence-electron chi connectivity index (χ1n) is 22.7. The van der Waals surface area contributed by atoms with Gasteiger partial charge in [-0.05, 0) is 163 Å². The molecule has 0 aliphatic heterocycles. The third-order valence-electron chi connectivity index (χ3n) is 10.9. The Morgan fingerprint density at radius 2 is 0.757 bits per heavy atom. The molecule has 0 unspecified atom stereocenters. The number of anilines is 2. The molecular weight excluding hydrogens is 933 g/mol. The van der Waals surface area contributed by atoms with Crippen molar-refractivity contribution >= 4 is 43.4 Å². The molecule has 6 aromatic rings. The van der Waals surface area contributed by atoms with Gasteiger partial charge in [0.15, 0.2) is 0 Å².